The normalized spacial score (nSPS) is 19.1. The predicted molar refractivity (Wildman–Crippen MR) is 79.7 cm³/mol. The molecule has 112 valence electrons. The maximum Gasteiger partial charge on any atom is 0.166 e. The van der Waals surface area contributed by atoms with Crippen LogP contribution in [-0.2, 0) is 0 Å². The van der Waals surface area contributed by atoms with Gasteiger partial charge in [-0.1, -0.05) is 32.4 Å². The van der Waals surface area contributed by atoms with E-state index < -0.39 is 5.82 Å². The van der Waals surface area contributed by atoms with Crippen LogP contribution < -0.4 is 5.32 Å². The second-order valence-electron chi connectivity index (χ2n) is 6.38. The number of benzene rings is 1. The lowest BCUT2D eigenvalue weighted by Gasteiger charge is -2.42. The molecule has 1 heterocycles. The first kappa shape index (κ1) is 15.5. The first-order valence-electron chi connectivity index (χ1n) is 6.93. The molecule has 20 heavy (non-hydrogen) atoms. The number of phenolic OH excluding ortho intramolecular Hbond substituents is 1. The third-order valence-corrected chi connectivity index (χ3v) is 3.91. The van der Waals surface area contributed by atoms with Gasteiger partial charge in [0.15, 0.2) is 11.6 Å². The Morgan fingerprint density at radius 2 is 1.90 bits per heavy atom. The van der Waals surface area contributed by atoms with Gasteiger partial charge in [-0.2, -0.15) is 0 Å². The van der Waals surface area contributed by atoms with Crippen LogP contribution in [-0.4, -0.2) is 36.2 Å². The van der Waals surface area contributed by atoms with Gasteiger partial charge < -0.3 is 10.4 Å². The van der Waals surface area contributed by atoms with Gasteiger partial charge in [-0.3, -0.25) is 4.90 Å². The van der Waals surface area contributed by atoms with Crippen molar-refractivity contribution in [2.24, 2.45) is 5.41 Å². The van der Waals surface area contributed by atoms with Crippen LogP contribution in [0.2, 0.25) is 5.02 Å². The first-order chi connectivity index (χ1) is 9.30. The average molecular weight is 301 g/mol. The Morgan fingerprint density at radius 1 is 1.30 bits per heavy atom. The molecule has 1 aliphatic heterocycles. The molecule has 0 bridgehead atoms. The number of nitrogens with zero attached hydrogens (tertiary/aromatic N) is 1. The first-order valence-corrected chi connectivity index (χ1v) is 7.31. The second-order valence-corrected chi connectivity index (χ2v) is 6.82. The van der Waals surface area contributed by atoms with Crippen LogP contribution in [0.25, 0.3) is 0 Å². The van der Waals surface area contributed by atoms with Crippen molar-refractivity contribution in [1.82, 2.24) is 10.2 Å². The number of rotatable bonds is 2. The summed E-state index contributed by atoms with van der Waals surface area (Å²) in [7, 11) is 0. The molecule has 5 heteroatoms. The summed E-state index contributed by atoms with van der Waals surface area (Å²) in [5.74, 6) is -0.940. The van der Waals surface area contributed by atoms with Crippen molar-refractivity contribution in [2.75, 3.05) is 26.2 Å². The minimum absolute atomic E-state index is 0.0715. The second kappa shape index (κ2) is 5.88. The highest BCUT2D eigenvalue weighted by atomic mass is 35.5. The lowest BCUT2D eigenvalue weighted by Crippen LogP contribution is -2.48. The molecule has 0 spiro atoms. The van der Waals surface area contributed by atoms with E-state index in [1.807, 2.05) is 0 Å². The van der Waals surface area contributed by atoms with Crippen molar-refractivity contribution in [2.45, 2.75) is 26.8 Å². The summed E-state index contributed by atoms with van der Waals surface area (Å²) in [5, 5.41) is 13.7. The van der Waals surface area contributed by atoms with Crippen LogP contribution in [0.1, 0.15) is 32.4 Å². The van der Waals surface area contributed by atoms with Crippen molar-refractivity contribution >= 4 is 11.6 Å². The summed E-state index contributed by atoms with van der Waals surface area (Å²) >= 11 is 5.97. The molecule has 1 fully saturated rings. The monoisotopic (exact) mass is 300 g/mol. The molecule has 0 aromatic heterocycles. The molecular weight excluding hydrogens is 279 g/mol. The van der Waals surface area contributed by atoms with Gasteiger partial charge in [0.25, 0.3) is 0 Å². The Kier molecular flexibility index (Phi) is 4.57. The van der Waals surface area contributed by atoms with Crippen LogP contribution in [0.15, 0.2) is 12.1 Å². The zero-order valence-electron chi connectivity index (χ0n) is 12.2. The fourth-order valence-corrected chi connectivity index (χ4v) is 3.16. The maximum absolute atomic E-state index is 13.8. The Morgan fingerprint density at radius 3 is 2.45 bits per heavy atom. The summed E-state index contributed by atoms with van der Waals surface area (Å²) in [6, 6.07) is 2.76. The molecule has 3 nitrogen and oxygen atoms in total. The SMILES string of the molecule is CC(C)(C)[C@@H](c1cc(Cl)cc(F)c1O)N1CCNCC1. The molecule has 1 aromatic carbocycles. The molecule has 0 saturated carbocycles. The fourth-order valence-electron chi connectivity index (χ4n) is 2.95. The number of hydrogen-bond donors (Lipinski definition) is 2. The number of nitrogens with one attached hydrogen (secondary N) is 1. The molecule has 1 aliphatic rings. The number of piperazine rings is 1. The topological polar surface area (TPSA) is 35.5 Å². The van der Waals surface area contributed by atoms with Crippen LogP contribution in [0.4, 0.5) is 4.39 Å². The van der Waals surface area contributed by atoms with E-state index in [4.69, 9.17) is 11.6 Å². The number of phenols is 1. The van der Waals surface area contributed by atoms with E-state index in [0.717, 1.165) is 32.2 Å². The zero-order valence-corrected chi connectivity index (χ0v) is 13.0. The van der Waals surface area contributed by atoms with Crippen molar-refractivity contribution < 1.29 is 9.50 Å². The van der Waals surface area contributed by atoms with E-state index in [1.54, 1.807) is 6.07 Å². The third kappa shape index (κ3) is 3.25. The van der Waals surface area contributed by atoms with Crippen molar-refractivity contribution in [3.63, 3.8) is 0 Å². The maximum atomic E-state index is 13.8. The van der Waals surface area contributed by atoms with Crippen LogP contribution in [0.5, 0.6) is 5.75 Å². The van der Waals surface area contributed by atoms with Gasteiger partial charge in [0.2, 0.25) is 0 Å². The van der Waals surface area contributed by atoms with Crippen molar-refractivity contribution in [3.05, 3.63) is 28.5 Å². The molecule has 2 N–H and O–H groups in total. The summed E-state index contributed by atoms with van der Waals surface area (Å²) in [6.07, 6.45) is 0. The summed E-state index contributed by atoms with van der Waals surface area (Å²) in [6.45, 7) is 9.83. The van der Waals surface area contributed by atoms with Crippen molar-refractivity contribution in [3.8, 4) is 5.75 Å². The van der Waals surface area contributed by atoms with E-state index >= 15 is 0 Å². The van der Waals surface area contributed by atoms with Gasteiger partial charge >= 0.3 is 0 Å². The van der Waals surface area contributed by atoms with Crippen LogP contribution >= 0.6 is 11.6 Å². The van der Waals surface area contributed by atoms with Gasteiger partial charge in [-0.25, -0.2) is 4.39 Å². The van der Waals surface area contributed by atoms with Crippen molar-refractivity contribution in [1.29, 1.82) is 0 Å². The molecule has 0 aliphatic carbocycles. The number of halogens is 2. The molecular formula is C15H22ClFN2O. The van der Waals surface area contributed by atoms with E-state index in [-0.39, 0.29) is 17.2 Å². The molecule has 1 atom stereocenters. The molecule has 1 saturated heterocycles. The smallest absolute Gasteiger partial charge is 0.166 e. The van der Waals surface area contributed by atoms with Gasteiger partial charge in [0.1, 0.15) is 0 Å². The number of aromatic hydroxyl groups is 1. The summed E-state index contributed by atoms with van der Waals surface area (Å²) < 4.78 is 13.8. The Balaban J connectivity index is 2.46. The Labute approximate surface area is 124 Å². The lowest BCUT2D eigenvalue weighted by atomic mass is 9.80. The van der Waals surface area contributed by atoms with E-state index in [2.05, 4.69) is 31.0 Å². The minimum atomic E-state index is -0.656. The molecule has 0 radical (unpaired) electrons. The predicted octanol–water partition coefficient (Wildman–Crippen LogP) is 3.18. The van der Waals surface area contributed by atoms with Crippen LogP contribution in [0.3, 0.4) is 0 Å². The van der Waals surface area contributed by atoms with E-state index in [0.29, 0.717) is 10.6 Å². The zero-order chi connectivity index (χ0) is 14.9. The lowest BCUT2D eigenvalue weighted by molar-refractivity contribution is 0.0838. The largest absolute Gasteiger partial charge is 0.505 e. The van der Waals surface area contributed by atoms with Gasteiger partial charge in [0.05, 0.1) is 0 Å². The molecule has 0 amide bonds. The van der Waals surface area contributed by atoms with Gasteiger partial charge in [-0.15, -0.1) is 0 Å². The average Bonchev–Trinajstić information content (AvgIpc) is 2.35. The van der Waals surface area contributed by atoms with E-state index in [9.17, 15) is 9.50 Å². The molecule has 2 rings (SSSR count). The van der Waals surface area contributed by atoms with E-state index in [1.165, 1.54) is 0 Å². The molecule has 0 unspecified atom stereocenters. The third-order valence-electron chi connectivity index (χ3n) is 3.69. The standard InChI is InChI=1S/C15H22ClFN2O/c1-15(2,3)14(19-6-4-18-5-7-19)11-8-10(16)9-12(17)13(11)20/h8-9,14,18,20H,4-7H2,1-3H3/t14-/m1/s1. The Bertz CT molecular complexity index is 481. The Hall–Kier alpha value is -0.840. The highest BCUT2D eigenvalue weighted by Gasteiger charge is 2.35. The van der Waals surface area contributed by atoms with Gasteiger partial charge in [0, 0.05) is 42.8 Å². The highest BCUT2D eigenvalue weighted by Crippen LogP contribution is 2.43. The summed E-state index contributed by atoms with van der Waals surface area (Å²) in [5.41, 5.74) is 0.441. The quantitative estimate of drug-likeness (QED) is 0.880. The highest BCUT2D eigenvalue weighted by molar-refractivity contribution is 6.30. The summed E-state index contributed by atoms with van der Waals surface area (Å²) in [4.78, 5) is 2.28. The number of hydrogen-bond acceptors (Lipinski definition) is 3. The van der Waals surface area contributed by atoms with Crippen LogP contribution in [0, 0.1) is 11.2 Å². The van der Waals surface area contributed by atoms with Gasteiger partial charge in [-0.05, 0) is 17.5 Å². The fraction of sp³-hybridized carbons (Fsp3) is 0.600. The molecule has 1 aromatic rings. The minimum Gasteiger partial charge on any atom is -0.505 e.